The van der Waals surface area contributed by atoms with E-state index in [0.717, 1.165) is 0 Å². The molecule has 2 aromatic carbocycles. The Morgan fingerprint density at radius 1 is 0.800 bits per heavy atom. The summed E-state index contributed by atoms with van der Waals surface area (Å²) in [5.41, 5.74) is 0. The zero-order chi connectivity index (χ0) is 22.2. The molecule has 0 spiro atoms. The summed E-state index contributed by atoms with van der Waals surface area (Å²) in [6, 6.07) is 16.0. The predicted octanol–water partition coefficient (Wildman–Crippen LogP) is 3.53. The number of rotatable bonds is 11. The van der Waals surface area contributed by atoms with Gasteiger partial charge in [-0.25, -0.2) is 16.8 Å². The van der Waals surface area contributed by atoms with Crippen molar-refractivity contribution in [1.82, 2.24) is 0 Å². The zero-order valence-corrected chi connectivity index (χ0v) is 18.9. The Bertz CT molecular complexity index is 944. The molecule has 0 aliphatic carbocycles. The Balaban J connectivity index is 2.22. The summed E-state index contributed by atoms with van der Waals surface area (Å²) in [5, 5.41) is 0. The Morgan fingerprint density at radius 3 is 1.63 bits per heavy atom. The molecule has 1 atom stereocenters. The van der Waals surface area contributed by atoms with Crippen LogP contribution in [0, 0.1) is 11.8 Å². The molecule has 8 heteroatoms. The van der Waals surface area contributed by atoms with Gasteiger partial charge in [-0.15, -0.1) is 0 Å². The fraction of sp³-hybridized carbons (Fsp3) is 0.409. The third-order valence-corrected chi connectivity index (χ3v) is 8.61. The van der Waals surface area contributed by atoms with E-state index < -0.39 is 31.5 Å². The van der Waals surface area contributed by atoms with Crippen LogP contribution in [0.15, 0.2) is 70.5 Å². The van der Waals surface area contributed by atoms with E-state index in [4.69, 9.17) is 4.74 Å². The normalized spacial score (nSPS) is 13.2. The number of carbonyl (C=O) groups is 1. The van der Waals surface area contributed by atoms with Gasteiger partial charge in [0.05, 0.1) is 33.8 Å². The molecule has 0 fully saturated rings. The van der Waals surface area contributed by atoms with Crippen molar-refractivity contribution in [2.24, 2.45) is 11.8 Å². The molecule has 6 nitrogen and oxygen atoms in total. The van der Waals surface area contributed by atoms with Gasteiger partial charge in [-0.1, -0.05) is 43.3 Å². The molecule has 30 heavy (non-hydrogen) atoms. The standard InChI is InChI=1S/C22H28O6S2/c1-3-28-22(23)18(2)14-15-19(16-29(24,25)20-10-6-4-7-11-20)17-30(26,27)21-12-8-5-9-13-21/h4-13,18-19H,3,14-17H2,1-2H3. The molecule has 2 rings (SSSR count). The summed E-state index contributed by atoms with van der Waals surface area (Å²) in [5.74, 6) is -2.08. The van der Waals surface area contributed by atoms with Crippen molar-refractivity contribution in [3.05, 3.63) is 60.7 Å². The van der Waals surface area contributed by atoms with E-state index in [0.29, 0.717) is 6.42 Å². The lowest BCUT2D eigenvalue weighted by Crippen LogP contribution is -2.26. The first-order chi connectivity index (χ1) is 14.2. The van der Waals surface area contributed by atoms with Crippen molar-refractivity contribution in [2.45, 2.75) is 36.5 Å². The summed E-state index contributed by atoms with van der Waals surface area (Å²) in [6.45, 7) is 3.68. The Kier molecular flexibility index (Phi) is 8.61. The van der Waals surface area contributed by atoms with Gasteiger partial charge in [0.2, 0.25) is 0 Å². The van der Waals surface area contributed by atoms with Gasteiger partial charge < -0.3 is 4.74 Å². The average molecular weight is 453 g/mol. The van der Waals surface area contributed by atoms with Gasteiger partial charge in [0.25, 0.3) is 0 Å². The molecule has 164 valence electrons. The first kappa shape index (κ1) is 24.1. The number of hydrogen-bond donors (Lipinski definition) is 0. The summed E-state index contributed by atoms with van der Waals surface area (Å²) < 4.78 is 56.4. The molecule has 0 radical (unpaired) electrons. The highest BCUT2D eigenvalue weighted by Gasteiger charge is 2.28. The van der Waals surface area contributed by atoms with Gasteiger partial charge in [0, 0.05) is 0 Å². The van der Waals surface area contributed by atoms with Gasteiger partial charge in [0.1, 0.15) is 0 Å². The van der Waals surface area contributed by atoms with Crippen LogP contribution in [-0.2, 0) is 29.2 Å². The molecular formula is C22H28O6S2. The molecule has 0 heterocycles. The van der Waals surface area contributed by atoms with E-state index in [1.165, 1.54) is 24.3 Å². The average Bonchev–Trinajstić information content (AvgIpc) is 2.73. The summed E-state index contributed by atoms with van der Waals surface area (Å²) >= 11 is 0. The SMILES string of the molecule is CCOC(=O)C(C)CCC(CS(=O)(=O)c1ccccc1)CS(=O)(=O)c1ccccc1. The second-order valence-corrected chi connectivity index (χ2v) is 11.4. The summed E-state index contributed by atoms with van der Waals surface area (Å²) in [6.07, 6.45) is 0.621. The lowest BCUT2D eigenvalue weighted by atomic mass is 9.99. The molecule has 0 N–H and O–H groups in total. The van der Waals surface area contributed by atoms with Gasteiger partial charge in [-0.3, -0.25) is 4.79 Å². The lowest BCUT2D eigenvalue weighted by molar-refractivity contribution is -0.147. The maximum absolute atomic E-state index is 12.9. The minimum Gasteiger partial charge on any atom is -0.466 e. The highest BCUT2D eigenvalue weighted by Crippen LogP contribution is 2.24. The zero-order valence-electron chi connectivity index (χ0n) is 17.2. The molecule has 0 aliphatic heterocycles. The predicted molar refractivity (Wildman–Crippen MR) is 116 cm³/mol. The van der Waals surface area contributed by atoms with Crippen molar-refractivity contribution in [2.75, 3.05) is 18.1 Å². The van der Waals surface area contributed by atoms with Gasteiger partial charge >= 0.3 is 5.97 Å². The molecule has 2 aromatic rings. The third-order valence-electron chi connectivity index (χ3n) is 4.81. The number of sulfone groups is 2. The van der Waals surface area contributed by atoms with Crippen LogP contribution >= 0.6 is 0 Å². The van der Waals surface area contributed by atoms with E-state index in [-0.39, 0.29) is 40.3 Å². The maximum atomic E-state index is 12.9. The molecular weight excluding hydrogens is 424 g/mol. The number of carbonyl (C=O) groups excluding carboxylic acids is 1. The van der Waals surface area contributed by atoms with Crippen LogP contribution < -0.4 is 0 Å². The van der Waals surface area contributed by atoms with Crippen LogP contribution in [0.5, 0.6) is 0 Å². The molecule has 0 bridgehead atoms. The van der Waals surface area contributed by atoms with E-state index >= 15 is 0 Å². The fourth-order valence-electron chi connectivity index (χ4n) is 3.17. The van der Waals surface area contributed by atoms with Gasteiger partial charge in [0.15, 0.2) is 19.7 Å². The van der Waals surface area contributed by atoms with Gasteiger partial charge in [-0.05, 0) is 49.9 Å². The fourth-order valence-corrected chi connectivity index (χ4v) is 6.66. The number of benzene rings is 2. The van der Waals surface area contributed by atoms with Crippen molar-refractivity contribution in [3.63, 3.8) is 0 Å². The molecule has 0 aromatic heterocycles. The van der Waals surface area contributed by atoms with Crippen LogP contribution in [0.3, 0.4) is 0 Å². The third kappa shape index (κ3) is 6.95. The number of esters is 1. The largest absolute Gasteiger partial charge is 0.466 e. The first-order valence-electron chi connectivity index (χ1n) is 9.88. The van der Waals surface area contributed by atoms with Crippen molar-refractivity contribution < 1.29 is 26.4 Å². The van der Waals surface area contributed by atoms with E-state index in [1.807, 2.05) is 0 Å². The van der Waals surface area contributed by atoms with Crippen LogP contribution in [0.4, 0.5) is 0 Å². The minimum atomic E-state index is -3.67. The minimum absolute atomic E-state index is 0.158. The summed E-state index contributed by atoms with van der Waals surface area (Å²) in [4.78, 5) is 12.2. The quantitative estimate of drug-likeness (QED) is 0.484. The monoisotopic (exact) mass is 452 g/mol. The van der Waals surface area contributed by atoms with Crippen LogP contribution in [0.25, 0.3) is 0 Å². The first-order valence-corrected chi connectivity index (χ1v) is 13.2. The van der Waals surface area contributed by atoms with E-state index in [9.17, 15) is 21.6 Å². The number of hydrogen-bond acceptors (Lipinski definition) is 6. The van der Waals surface area contributed by atoms with Gasteiger partial charge in [-0.2, -0.15) is 0 Å². The second kappa shape index (κ2) is 10.7. The lowest BCUT2D eigenvalue weighted by Gasteiger charge is -2.19. The Morgan fingerprint density at radius 2 is 1.23 bits per heavy atom. The summed E-state index contributed by atoms with van der Waals surface area (Å²) in [7, 11) is -7.35. The topological polar surface area (TPSA) is 94.6 Å². The van der Waals surface area contributed by atoms with Crippen molar-refractivity contribution in [1.29, 1.82) is 0 Å². The molecule has 0 aliphatic rings. The highest BCUT2D eigenvalue weighted by atomic mass is 32.2. The second-order valence-electron chi connectivity index (χ2n) is 7.29. The maximum Gasteiger partial charge on any atom is 0.308 e. The van der Waals surface area contributed by atoms with Crippen molar-refractivity contribution in [3.8, 4) is 0 Å². The number of ether oxygens (including phenoxy) is 1. The molecule has 0 amide bonds. The highest BCUT2D eigenvalue weighted by molar-refractivity contribution is 7.92. The molecule has 0 saturated carbocycles. The smallest absolute Gasteiger partial charge is 0.308 e. The Hall–Kier alpha value is -2.19. The van der Waals surface area contributed by atoms with E-state index in [2.05, 4.69) is 0 Å². The molecule has 0 saturated heterocycles. The van der Waals surface area contributed by atoms with Crippen LogP contribution in [0.1, 0.15) is 26.7 Å². The van der Waals surface area contributed by atoms with E-state index in [1.54, 1.807) is 50.2 Å². The Labute approximate surface area is 179 Å². The van der Waals surface area contributed by atoms with Crippen molar-refractivity contribution >= 4 is 25.6 Å². The van der Waals surface area contributed by atoms with Crippen LogP contribution in [-0.4, -0.2) is 40.9 Å². The van der Waals surface area contributed by atoms with Crippen LogP contribution in [0.2, 0.25) is 0 Å². The molecule has 1 unspecified atom stereocenters.